The van der Waals surface area contributed by atoms with E-state index in [9.17, 15) is 9.90 Å². The second-order valence-corrected chi connectivity index (χ2v) is 7.74. The molecule has 1 saturated carbocycles. The van der Waals surface area contributed by atoms with Gasteiger partial charge in [-0.2, -0.15) is 0 Å². The molecule has 148 valence electrons. The van der Waals surface area contributed by atoms with Crippen LogP contribution in [0.25, 0.3) is 0 Å². The van der Waals surface area contributed by atoms with Crippen LogP contribution in [0.3, 0.4) is 0 Å². The second-order valence-electron chi connectivity index (χ2n) is 7.74. The fourth-order valence-electron chi connectivity index (χ4n) is 4.68. The van der Waals surface area contributed by atoms with E-state index in [1.54, 1.807) is 0 Å². The minimum Gasteiger partial charge on any atom is -0.368 e. The molecular formula is C26H26O3. The molecule has 0 amide bonds. The van der Waals surface area contributed by atoms with E-state index in [0.29, 0.717) is 0 Å². The fourth-order valence-corrected chi connectivity index (χ4v) is 4.68. The molecule has 29 heavy (non-hydrogen) atoms. The van der Waals surface area contributed by atoms with Gasteiger partial charge in [0.1, 0.15) is 6.29 Å². The average Bonchev–Trinajstić information content (AvgIpc) is 2.75. The highest BCUT2D eigenvalue weighted by molar-refractivity contribution is 5.62. The van der Waals surface area contributed by atoms with Crippen LogP contribution in [-0.2, 0) is 9.53 Å². The number of aldehydes is 1. The molecule has 1 N–H and O–H groups in total. The van der Waals surface area contributed by atoms with Crippen molar-refractivity contribution in [2.24, 2.45) is 11.8 Å². The molecule has 4 atom stereocenters. The summed E-state index contributed by atoms with van der Waals surface area (Å²) < 4.78 is 6.08. The minimum atomic E-state index is -0.975. The van der Waals surface area contributed by atoms with Crippen LogP contribution >= 0.6 is 0 Å². The molecule has 0 aromatic heterocycles. The maximum Gasteiger partial charge on any atom is 0.159 e. The smallest absolute Gasteiger partial charge is 0.159 e. The van der Waals surface area contributed by atoms with E-state index in [4.69, 9.17) is 4.74 Å². The van der Waals surface area contributed by atoms with Crippen LogP contribution < -0.4 is 0 Å². The maximum atomic E-state index is 12.0. The summed E-state index contributed by atoms with van der Waals surface area (Å²) in [5, 5.41) is 11.1. The van der Waals surface area contributed by atoms with Crippen molar-refractivity contribution in [2.75, 3.05) is 0 Å². The molecule has 3 nitrogen and oxygen atoms in total. The van der Waals surface area contributed by atoms with Crippen molar-refractivity contribution in [2.45, 2.75) is 31.2 Å². The zero-order valence-corrected chi connectivity index (χ0v) is 16.5. The standard InChI is InChI=1S/C26H26O3/c1-18(19-11-5-2-6-12-19)29-26(28)25-23(20-13-7-3-8-14-20)22(17-27)24(25)21-15-9-4-10-16-21/h2-18,22-26,28H,1H3/t18-,22-,23+,24+,25+,26?/m0/s1. The molecular weight excluding hydrogens is 360 g/mol. The van der Waals surface area contributed by atoms with Gasteiger partial charge in [0.2, 0.25) is 0 Å². The van der Waals surface area contributed by atoms with E-state index >= 15 is 0 Å². The molecule has 1 unspecified atom stereocenters. The Morgan fingerprint density at radius 2 is 1.24 bits per heavy atom. The van der Waals surface area contributed by atoms with Gasteiger partial charge in [0, 0.05) is 23.7 Å². The van der Waals surface area contributed by atoms with E-state index in [1.807, 2.05) is 97.9 Å². The maximum absolute atomic E-state index is 12.0. The Morgan fingerprint density at radius 1 is 0.793 bits per heavy atom. The lowest BCUT2D eigenvalue weighted by atomic mass is 9.52. The fraction of sp³-hybridized carbons (Fsp3) is 0.269. The lowest BCUT2D eigenvalue weighted by molar-refractivity contribution is -0.199. The van der Waals surface area contributed by atoms with Crippen molar-refractivity contribution >= 4 is 6.29 Å². The minimum absolute atomic E-state index is 0.0723. The zero-order valence-electron chi connectivity index (χ0n) is 16.5. The lowest BCUT2D eigenvalue weighted by Crippen LogP contribution is -2.50. The molecule has 0 saturated heterocycles. The molecule has 3 aromatic carbocycles. The van der Waals surface area contributed by atoms with E-state index in [2.05, 4.69) is 0 Å². The van der Waals surface area contributed by atoms with Gasteiger partial charge in [-0.15, -0.1) is 0 Å². The first-order chi connectivity index (χ1) is 14.2. The third-order valence-electron chi connectivity index (χ3n) is 6.13. The van der Waals surface area contributed by atoms with Crippen molar-refractivity contribution in [1.82, 2.24) is 0 Å². The predicted octanol–water partition coefficient (Wildman–Crippen LogP) is 5.10. The number of ether oxygens (including phenoxy) is 1. The van der Waals surface area contributed by atoms with E-state index in [0.717, 1.165) is 23.0 Å². The Balaban J connectivity index is 1.64. The molecule has 0 heterocycles. The van der Waals surface area contributed by atoms with Crippen LogP contribution in [0.15, 0.2) is 91.0 Å². The third kappa shape index (κ3) is 3.89. The molecule has 4 rings (SSSR count). The van der Waals surface area contributed by atoms with Crippen LogP contribution in [0.2, 0.25) is 0 Å². The Kier molecular flexibility index (Phi) is 5.89. The largest absolute Gasteiger partial charge is 0.368 e. The Bertz CT molecular complexity index is 863. The summed E-state index contributed by atoms with van der Waals surface area (Å²) in [5.74, 6) is -0.523. The first-order valence-electron chi connectivity index (χ1n) is 10.1. The summed E-state index contributed by atoms with van der Waals surface area (Å²) in [4.78, 5) is 12.0. The lowest BCUT2D eigenvalue weighted by Gasteiger charge is -2.52. The first-order valence-corrected chi connectivity index (χ1v) is 10.1. The Hall–Kier alpha value is -2.75. The molecule has 0 radical (unpaired) electrons. The van der Waals surface area contributed by atoms with Gasteiger partial charge in [-0.05, 0) is 23.6 Å². The van der Waals surface area contributed by atoms with Gasteiger partial charge >= 0.3 is 0 Å². The van der Waals surface area contributed by atoms with Gasteiger partial charge in [0.05, 0.1) is 6.10 Å². The molecule has 3 aromatic rings. The Morgan fingerprint density at radius 3 is 1.69 bits per heavy atom. The summed E-state index contributed by atoms with van der Waals surface area (Å²) in [5.41, 5.74) is 3.15. The summed E-state index contributed by atoms with van der Waals surface area (Å²) in [7, 11) is 0. The van der Waals surface area contributed by atoms with Crippen molar-refractivity contribution in [3.8, 4) is 0 Å². The number of carbonyl (C=O) groups excluding carboxylic acids is 1. The number of hydrogen-bond donors (Lipinski definition) is 1. The van der Waals surface area contributed by atoms with Crippen molar-refractivity contribution < 1.29 is 14.6 Å². The summed E-state index contributed by atoms with van der Waals surface area (Å²) in [6.45, 7) is 1.95. The molecule has 1 aliphatic rings. The quantitative estimate of drug-likeness (QED) is 0.454. The molecule has 3 heteroatoms. The zero-order chi connectivity index (χ0) is 20.2. The van der Waals surface area contributed by atoms with Crippen LogP contribution in [0, 0.1) is 11.8 Å². The number of rotatable bonds is 7. The monoisotopic (exact) mass is 386 g/mol. The first kappa shape index (κ1) is 19.6. The Labute approximate surface area is 172 Å². The van der Waals surface area contributed by atoms with Gasteiger partial charge in [0.25, 0.3) is 0 Å². The van der Waals surface area contributed by atoms with Crippen molar-refractivity contribution in [3.05, 3.63) is 108 Å². The SMILES string of the molecule is C[C@H](OC(O)[C@H]1[C@H](c2ccccc2)[C@@H](C=O)[C@H]1c1ccccc1)c1ccccc1. The summed E-state index contributed by atoms with van der Waals surface area (Å²) >= 11 is 0. The average molecular weight is 386 g/mol. The number of aliphatic hydroxyl groups is 1. The third-order valence-corrected chi connectivity index (χ3v) is 6.13. The topological polar surface area (TPSA) is 46.5 Å². The van der Waals surface area contributed by atoms with E-state index < -0.39 is 6.29 Å². The van der Waals surface area contributed by atoms with Crippen LogP contribution in [0.1, 0.15) is 41.6 Å². The highest BCUT2D eigenvalue weighted by Gasteiger charge is 2.55. The normalized spacial score (nSPS) is 25.6. The highest BCUT2D eigenvalue weighted by atomic mass is 16.6. The number of benzene rings is 3. The number of hydrogen-bond acceptors (Lipinski definition) is 3. The van der Waals surface area contributed by atoms with Gasteiger partial charge in [-0.1, -0.05) is 91.0 Å². The van der Waals surface area contributed by atoms with Crippen LogP contribution in [-0.4, -0.2) is 17.7 Å². The molecule has 1 aliphatic carbocycles. The number of aliphatic hydroxyl groups excluding tert-OH is 1. The van der Waals surface area contributed by atoms with Crippen LogP contribution in [0.4, 0.5) is 0 Å². The van der Waals surface area contributed by atoms with Crippen molar-refractivity contribution in [1.29, 1.82) is 0 Å². The highest BCUT2D eigenvalue weighted by Crippen LogP contribution is 2.58. The number of carbonyl (C=O) groups is 1. The summed E-state index contributed by atoms with van der Waals surface area (Å²) in [6.07, 6.45) is -0.176. The molecule has 0 spiro atoms. The predicted molar refractivity (Wildman–Crippen MR) is 113 cm³/mol. The molecule has 0 bridgehead atoms. The van der Waals surface area contributed by atoms with E-state index in [-0.39, 0.29) is 29.8 Å². The van der Waals surface area contributed by atoms with Crippen molar-refractivity contribution in [3.63, 3.8) is 0 Å². The molecule has 0 aliphatic heterocycles. The van der Waals surface area contributed by atoms with Gasteiger partial charge in [0.15, 0.2) is 6.29 Å². The van der Waals surface area contributed by atoms with Gasteiger partial charge in [-0.3, -0.25) is 0 Å². The van der Waals surface area contributed by atoms with Crippen LogP contribution in [0.5, 0.6) is 0 Å². The van der Waals surface area contributed by atoms with E-state index in [1.165, 1.54) is 0 Å². The van der Waals surface area contributed by atoms with Gasteiger partial charge < -0.3 is 14.6 Å². The van der Waals surface area contributed by atoms with Gasteiger partial charge in [-0.25, -0.2) is 0 Å². The second kappa shape index (κ2) is 8.73. The molecule has 1 fully saturated rings. The summed E-state index contributed by atoms with van der Waals surface area (Å²) in [6, 6.07) is 29.8.